The summed E-state index contributed by atoms with van der Waals surface area (Å²) in [5, 5.41) is 0. The number of piperidine rings is 1. The maximum atomic E-state index is 12.6. The summed E-state index contributed by atoms with van der Waals surface area (Å²) in [6.45, 7) is 4.53. The van der Waals surface area contributed by atoms with Gasteiger partial charge in [0.15, 0.2) is 0 Å². The highest BCUT2D eigenvalue weighted by Crippen LogP contribution is 2.27. The van der Waals surface area contributed by atoms with Gasteiger partial charge in [-0.15, -0.1) is 0 Å². The van der Waals surface area contributed by atoms with Gasteiger partial charge in [0.2, 0.25) is 11.8 Å². The first-order valence-corrected chi connectivity index (χ1v) is 8.31. The molecule has 1 aromatic rings. The molecule has 2 amide bonds. The molecule has 1 fully saturated rings. The van der Waals surface area contributed by atoms with Crippen LogP contribution in [0.2, 0.25) is 0 Å². The van der Waals surface area contributed by atoms with E-state index in [0.717, 1.165) is 51.0 Å². The Bertz CT molecular complexity index is 562. The molecule has 1 saturated heterocycles. The first kappa shape index (κ1) is 15.1. The molecule has 0 atom stereocenters. The highest BCUT2D eigenvalue weighted by molar-refractivity contribution is 6.05. The zero-order valence-corrected chi connectivity index (χ0v) is 13.3. The lowest BCUT2D eigenvalue weighted by Gasteiger charge is -2.32. The summed E-state index contributed by atoms with van der Waals surface area (Å²) in [4.78, 5) is 28.6. The van der Waals surface area contributed by atoms with Crippen molar-refractivity contribution < 1.29 is 9.59 Å². The van der Waals surface area contributed by atoms with Gasteiger partial charge in [0.1, 0.15) is 6.42 Å². The summed E-state index contributed by atoms with van der Waals surface area (Å²) in [5.41, 5.74) is 2.19. The molecule has 3 rings (SSSR count). The van der Waals surface area contributed by atoms with Gasteiger partial charge in [0.25, 0.3) is 0 Å². The molecule has 2 heterocycles. The van der Waals surface area contributed by atoms with Crippen molar-refractivity contribution >= 4 is 17.5 Å². The van der Waals surface area contributed by atoms with Crippen molar-refractivity contribution in [3.8, 4) is 0 Å². The van der Waals surface area contributed by atoms with E-state index >= 15 is 0 Å². The van der Waals surface area contributed by atoms with Gasteiger partial charge in [-0.25, -0.2) is 0 Å². The fraction of sp³-hybridized carbons (Fsp3) is 0.556. The second-order valence-corrected chi connectivity index (χ2v) is 6.52. The highest BCUT2D eigenvalue weighted by atomic mass is 16.2. The molecule has 0 aliphatic carbocycles. The smallest absolute Gasteiger partial charge is 0.236 e. The lowest BCUT2D eigenvalue weighted by Crippen LogP contribution is -2.42. The van der Waals surface area contributed by atoms with Crippen LogP contribution >= 0.6 is 0 Å². The van der Waals surface area contributed by atoms with Gasteiger partial charge in [-0.1, -0.05) is 25.1 Å². The van der Waals surface area contributed by atoms with Crippen LogP contribution in [0.5, 0.6) is 0 Å². The molecule has 0 N–H and O–H groups in total. The fourth-order valence-corrected chi connectivity index (χ4v) is 3.39. The van der Waals surface area contributed by atoms with Gasteiger partial charge in [0, 0.05) is 25.3 Å². The average molecular weight is 300 g/mol. The summed E-state index contributed by atoms with van der Waals surface area (Å²) in [6, 6.07) is 8.02. The van der Waals surface area contributed by atoms with E-state index < -0.39 is 0 Å². The molecule has 22 heavy (non-hydrogen) atoms. The summed E-state index contributed by atoms with van der Waals surface area (Å²) in [7, 11) is 0. The Hall–Kier alpha value is -1.84. The number of hydrogen-bond acceptors (Lipinski definition) is 2. The Balaban J connectivity index is 1.64. The van der Waals surface area contributed by atoms with Crippen LogP contribution in [0.15, 0.2) is 24.3 Å². The SMILES string of the molecule is CC1CCN(C(=O)CC(=O)N2CCCc3ccccc32)CC1. The first-order valence-electron chi connectivity index (χ1n) is 8.31. The first-order chi connectivity index (χ1) is 10.6. The van der Waals surface area contributed by atoms with Crippen molar-refractivity contribution in [2.45, 2.75) is 39.0 Å². The van der Waals surface area contributed by atoms with Crippen LogP contribution in [0.1, 0.15) is 38.2 Å². The van der Waals surface area contributed by atoms with Crippen LogP contribution in [0, 0.1) is 5.92 Å². The van der Waals surface area contributed by atoms with E-state index in [2.05, 4.69) is 13.0 Å². The Morgan fingerprint density at radius 2 is 1.82 bits per heavy atom. The van der Waals surface area contributed by atoms with Crippen LogP contribution in [-0.4, -0.2) is 36.3 Å². The molecule has 1 aromatic carbocycles. The van der Waals surface area contributed by atoms with Crippen molar-refractivity contribution in [1.29, 1.82) is 0 Å². The quantitative estimate of drug-likeness (QED) is 0.788. The number of aryl methyl sites for hydroxylation is 1. The third kappa shape index (κ3) is 3.16. The molecule has 0 spiro atoms. The number of nitrogens with zero attached hydrogens (tertiary/aromatic N) is 2. The molecule has 0 saturated carbocycles. The minimum atomic E-state index is -0.0595. The highest BCUT2D eigenvalue weighted by Gasteiger charge is 2.27. The number of amides is 2. The zero-order chi connectivity index (χ0) is 15.5. The van der Waals surface area contributed by atoms with E-state index in [-0.39, 0.29) is 18.2 Å². The van der Waals surface area contributed by atoms with E-state index in [1.54, 1.807) is 4.90 Å². The number of para-hydroxylation sites is 1. The van der Waals surface area contributed by atoms with Crippen LogP contribution in [0.4, 0.5) is 5.69 Å². The minimum Gasteiger partial charge on any atom is -0.342 e. The maximum Gasteiger partial charge on any atom is 0.236 e. The number of fused-ring (bicyclic) bond motifs is 1. The number of likely N-dealkylation sites (tertiary alicyclic amines) is 1. The predicted octanol–water partition coefficient (Wildman–Crippen LogP) is 2.61. The van der Waals surface area contributed by atoms with Crippen molar-refractivity contribution in [2.24, 2.45) is 5.92 Å². The van der Waals surface area contributed by atoms with Crippen molar-refractivity contribution in [1.82, 2.24) is 4.90 Å². The Morgan fingerprint density at radius 3 is 2.59 bits per heavy atom. The number of carbonyl (C=O) groups is 2. The lowest BCUT2D eigenvalue weighted by atomic mass is 9.99. The van der Waals surface area contributed by atoms with Gasteiger partial charge in [-0.05, 0) is 43.2 Å². The van der Waals surface area contributed by atoms with E-state index in [1.807, 2.05) is 23.1 Å². The zero-order valence-electron chi connectivity index (χ0n) is 13.3. The number of carbonyl (C=O) groups excluding carboxylic acids is 2. The third-order valence-corrected chi connectivity index (χ3v) is 4.85. The fourth-order valence-electron chi connectivity index (χ4n) is 3.39. The number of benzene rings is 1. The molecular weight excluding hydrogens is 276 g/mol. The summed E-state index contributed by atoms with van der Waals surface area (Å²) in [5.74, 6) is 0.615. The molecule has 2 aliphatic heterocycles. The van der Waals surface area contributed by atoms with Gasteiger partial charge in [-0.2, -0.15) is 0 Å². The second kappa shape index (κ2) is 6.51. The van der Waals surface area contributed by atoms with Gasteiger partial charge in [-0.3, -0.25) is 9.59 Å². The Morgan fingerprint density at radius 1 is 1.09 bits per heavy atom. The number of anilines is 1. The monoisotopic (exact) mass is 300 g/mol. The molecule has 2 aliphatic rings. The molecular formula is C18H24N2O2. The molecule has 0 bridgehead atoms. The summed E-state index contributed by atoms with van der Waals surface area (Å²) >= 11 is 0. The molecule has 0 unspecified atom stereocenters. The predicted molar refractivity (Wildman–Crippen MR) is 86.7 cm³/mol. The van der Waals surface area contributed by atoms with Crippen molar-refractivity contribution in [3.05, 3.63) is 29.8 Å². The van der Waals surface area contributed by atoms with Crippen molar-refractivity contribution in [3.63, 3.8) is 0 Å². The molecule has 0 radical (unpaired) electrons. The van der Waals surface area contributed by atoms with E-state index in [4.69, 9.17) is 0 Å². The summed E-state index contributed by atoms with van der Waals surface area (Å²) < 4.78 is 0. The van der Waals surface area contributed by atoms with E-state index in [9.17, 15) is 9.59 Å². The normalized spacial score (nSPS) is 19.0. The Labute approximate surface area is 132 Å². The van der Waals surface area contributed by atoms with E-state index in [0.29, 0.717) is 5.92 Å². The lowest BCUT2D eigenvalue weighted by molar-refractivity contribution is -0.136. The average Bonchev–Trinajstić information content (AvgIpc) is 2.54. The standard InChI is InChI=1S/C18H24N2O2/c1-14-8-11-19(12-9-14)17(21)13-18(22)20-10-4-6-15-5-2-3-7-16(15)20/h2-3,5,7,14H,4,6,8-13H2,1H3. The third-order valence-electron chi connectivity index (χ3n) is 4.85. The number of rotatable bonds is 2. The Kier molecular flexibility index (Phi) is 4.46. The minimum absolute atomic E-state index is 0.00269. The van der Waals surface area contributed by atoms with Gasteiger partial charge < -0.3 is 9.80 Å². The largest absolute Gasteiger partial charge is 0.342 e. The molecule has 0 aromatic heterocycles. The van der Waals surface area contributed by atoms with Crippen LogP contribution in [0.3, 0.4) is 0 Å². The number of hydrogen-bond donors (Lipinski definition) is 0. The summed E-state index contributed by atoms with van der Waals surface area (Å²) in [6.07, 6.45) is 4.08. The van der Waals surface area contributed by atoms with Crippen LogP contribution < -0.4 is 4.90 Å². The van der Waals surface area contributed by atoms with Crippen molar-refractivity contribution in [2.75, 3.05) is 24.5 Å². The topological polar surface area (TPSA) is 40.6 Å². The van der Waals surface area contributed by atoms with Gasteiger partial charge >= 0.3 is 0 Å². The molecule has 4 nitrogen and oxygen atoms in total. The molecule has 118 valence electrons. The van der Waals surface area contributed by atoms with E-state index in [1.165, 1.54) is 5.56 Å². The molecule has 4 heteroatoms. The maximum absolute atomic E-state index is 12.6. The van der Waals surface area contributed by atoms with Crippen LogP contribution in [-0.2, 0) is 16.0 Å². The second-order valence-electron chi connectivity index (χ2n) is 6.52. The van der Waals surface area contributed by atoms with Gasteiger partial charge in [0.05, 0.1) is 0 Å². The van der Waals surface area contributed by atoms with Crippen LogP contribution in [0.25, 0.3) is 0 Å².